The van der Waals surface area contributed by atoms with Crippen molar-refractivity contribution in [2.24, 2.45) is 0 Å². The summed E-state index contributed by atoms with van der Waals surface area (Å²) < 4.78 is 11.5. The first kappa shape index (κ1) is 18.8. The smallest absolute Gasteiger partial charge is 0.325 e. The van der Waals surface area contributed by atoms with Gasteiger partial charge in [-0.2, -0.15) is 0 Å². The second kappa shape index (κ2) is 7.10. The lowest BCUT2D eigenvalue weighted by Crippen LogP contribution is -2.46. The van der Waals surface area contributed by atoms with Gasteiger partial charge in [0.05, 0.1) is 12.6 Å². The third-order valence-corrected chi connectivity index (χ3v) is 5.42. The Kier molecular flexibility index (Phi) is 4.76. The molecule has 0 radical (unpaired) electrons. The topological polar surface area (TPSA) is 88.1 Å². The van der Waals surface area contributed by atoms with Crippen LogP contribution in [-0.2, 0) is 11.2 Å². The Balaban J connectivity index is 1.49. The molecule has 1 saturated heterocycles. The summed E-state index contributed by atoms with van der Waals surface area (Å²) in [6.07, 6.45) is -0.669. The van der Waals surface area contributed by atoms with Crippen LogP contribution in [0.5, 0.6) is 11.5 Å². The SMILES string of the molecule is C[C@@]1(Cc2ccc3c(c2)OCO3)NC(=O)N(C[C@H](O)c2cccc(Br)c2)C1=O. The summed E-state index contributed by atoms with van der Waals surface area (Å²) in [5.74, 6) is 0.915. The lowest BCUT2D eigenvalue weighted by atomic mass is 9.92. The van der Waals surface area contributed by atoms with Crippen LogP contribution in [0, 0.1) is 0 Å². The van der Waals surface area contributed by atoms with Crippen LogP contribution in [0.15, 0.2) is 46.9 Å². The minimum atomic E-state index is -1.10. The highest BCUT2D eigenvalue weighted by Crippen LogP contribution is 2.34. The first-order valence-electron chi connectivity index (χ1n) is 8.82. The summed E-state index contributed by atoms with van der Waals surface area (Å²) in [6.45, 7) is 1.74. The molecule has 0 aromatic heterocycles. The van der Waals surface area contributed by atoms with E-state index in [9.17, 15) is 14.7 Å². The summed E-state index contributed by atoms with van der Waals surface area (Å²) >= 11 is 3.35. The zero-order valence-electron chi connectivity index (χ0n) is 15.1. The maximum absolute atomic E-state index is 13.0. The average molecular weight is 447 g/mol. The molecule has 2 aliphatic heterocycles. The number of carbonyl (C=O) groups excluding carboxylic acids is 2. The number of ether oxygens (including phenoxy) is 2. The van der Waals surface area contributed by atoms with Crippen molar-refractivity contribution in [3.8, 4) is 11.5 Å². The Morgan fingerprint density at radius 3 is 2.79 bits per heavy atom. The van der Waals surface area contributed by atoms with Crippen molar-refractivity contribution >= 4 is 27.9 Å². The largest absolute Gasteiger partial charge is 0.454 e. The molecule has 4 rings (SSSR count). The maximum atomic E-state index is 13.0. The summed E-state index contributed by atoms with van der Waals surface area (Å²) in [6, 6.07) is 12.1. The monoisotopic (exact) mass is 446 g/mol. The predicted octanol–water partition coefficient (Wildman–Crippen LogP) is 2.76. The van der Waals surface area contributed by atoms with Crippen molar-refractivity contribution in [2.75, 3.05) is 13.3 Å². The van der Waals surface area contributed by atoms with Gasteiger partial charge in [-0.3, -0.25) is 9.69 Å². The molecule has 0 bridgehead atoms. The molecule has 0 unspecified atom stereocenters. The van der Waals surface area contributed by atoms with E-state index in [0.29, 0.717) is 23.5 Å². The Morgan fingerprint density at radius 2 is 2.00 bits per heavy atom. The molecule has 2 N–H and O–H groups in total. The fraction of sp³-hybridized carbons (Fsp3) is 0.300. The van der Waals surface area contributed by atoms with Gasteiger partial charge in [-0.05, 0) is 42.3 Å². The molecule has 2 aliphatic rings. The highest BCUT2D eigenvalue weighted by molar-refractivity contribution is 9.10. The Hall–Kier alpha value is -2.58. The van der Waals surface area contributed by atoms with Crippen molar-refractivity contribution in [3.63, 3.8) is 0 Å². The van der Waals surface area contributed by atoms with E-state index in [1.807, 2.05) is 18.2 Å². The summed E-state index contributed by atoms with van der Waals surface area (Å²) in [4.78, 5) is 26.5. The van der Waals surface area contributed by atoms with E-state index in [4.69, 9.17) is 9.47 Å². The fourth-order valence-electron chi connectivity index (χ4n) is 3.48. The van der Waals surface area contributed by atoms with Crippen LogP contribution in [0.2, 0.25) is 0 Å². The van der Waals surface area contributed by atoms with Crippen molar-refractivity contribution in [3.05, 3.63) is 58.1 Å². The Bertz CT molecular complexity index is 950. The minimum absolute atomic E-state index is 0.113. The number of carbonyl (C=O) groups is 2. The molecule has 2 aromatic carbocycles. The van der Waals surface area contributed by atoms with E-state index in [0.717, 1.165) is 14.9 Å². The van der Waals surface area contributed by atoms with E-state index in [2.05, 4.69) is 21.2 Å². The first-order chi connectivity index (χ1) is 13.4. The van der Waals surface area contributed by atoms with Crippen molar-refractivity contribution in [2.45, 2.75) is 25.0 Å². The molecular weight excluding hydrogens is 428 g/mol. The van der Waals surface area contributed by atoms with E-state index in [-0.39, 0.29) is 19.2 Å². The summed E-state index contributed by atoms with van der Waals surface area (Å²) in [5.41, 5.74) is 0.371. The molecule has 146 valence electrons. The third kappa shape index (κ3) is 3.45. The second-order valence-electron chi connectivity index (χ2n) is 7.11. The zero-order chi connectivity index (χ0) is 19.9. The normalized spacial score (nSPS) is 21.8. The van der Waals surface area contributed by atoms with Gasteiger partial charge in [-0.25, -0.2) is 4.79 Å². The molecular formula is C20H19BrN2O5. The van der Waals surface area contributed by atoms with Crippen molar-refractivity contribution in [1.29, 1.82) is 0 Å². The van der Waals surface area contributed by atoms with E-state index >= 15 is 0 Å². The molecule has 2 aromatic rings. The number of amides is 3. The van der Waals surface area contributed by atoms with Crippen molar-refractivity contribution in [1.82, 2.24) is 10.2 Å². The number of rotatable bonds is 5. The molecule has 1 fully saturated rings. The van der Waals surface area contributed by atoms with E-state index in [1.54, 1.807) is 31.2 Å². The summed E-state index contributed by atoms with van der Waals surface area (Å²) in [7, 11) is 0. The average Bonchev–Trinajstić information content (AvgIpc) is 3.19. The first-order valence-corrected chi connectivity index (χ1v) is 9.61. The van der Waals surface area contributed by atoms with Crippen molar-refractivity contribution < 1.29 is 24.2 Å². The quantitative estimate of drug-likeness (QED) is 0.689. The van der Waals surface area contributed by atoms with Gasteiger partial charge in [0.2, 0.25) is 6.79 Å². The number of imide groups is 1. The maximum Gasteiger partial charge on any atom is 0.325 e. The van der Waals surface area contributed by atoms with E-state index in [1.165, 1.54) is 0 Å². The van der Waals surface area contributed by atoms with Gasteiger partial charge in [0, 0.05) is 10.9 Å². The highest BCUT2D eigenvalue weighted by Gasteiger charge is 2.48. The van der Waals surface area contributed by atoms with Gasteiger partial charge in [-0.1, -0.05) is 34.1 Å². The Morgan fingerprint density at radius 1 is 1.21 bits per heavy atom. The molecule has 3 amide bonds. The fourth-order valence-corrected chi connectivity index (χ4v) is 3.90. The van der Waals surface area contributed by atoms with Gasteiger partial charge in [0.1, 0.15) is 5.54 Å². The van der Waals surface area contributed by atoms with Crippen LogP contribution in [0.1, 0.15) is 24.2 Å². The number of hydrogen-bond donors (Lipinski definition) is 2. The van der Waals surface area contributed by atoms with Gasteiger partial charge >= 0.3 is 6.03 Å². The number of nitrogens with one attached hydrogen (secondary N) is 1. The van der Waals surface area contributed by atoms with Crippen LogP contribution in [0.4, 0.5) is 4.79 Å². The number of aliphatic hydroxyl groups is 1. The number of aliphatic hydroxyl groups excluding tert-OH is 1. The minimum Gasteiger partial charge on any atom is -0.454 e. The second-order valence-corrected chi connectivity index (χ2v) is 8.03. The number of fused-ring (bicyclic) bond motifs is 1. The van der Waals surface area contributed by atoms with Crippen LogP contribution >= 0.6 is 15.9 Å². The van der Waals surface area contributed by atoms with Gasteiger partial charge < -0.3 is 19.9 Å². The van der Waals surface area contributed by atoms with Crippen LogP contribution in [0.3, 0.4) is 0 Å². The highest BCUT2D eigenvalue weighted by atomic mass is 79.9. The molecule has 0 aliphatic carbocycles. The van der Waals surface area contributed by atoms with E-state index < -0.39 is 17.7 Å². The predicted molar refractivity (Wildman–Crippen MR) is 104 cm³/mol. The lowest BCUT2D eigenvalue weighted by Gasteiger charge is -2.23. The number of benzene rings is 2. The molecule has 2 heterocycles. The summed E-state index contributed by atoms with van der Waals surface area (Å²) in [5, 5.41) is 13.2. The number of halogens is 1. The Labute approximate surface area is 170 Å². The molecule has 0 spiro atoms. The number of urea groups is 1. The van der Waals surface area contributed by atoms with Gasteiger partial charge in [0.25, 0.3) is 5.91 Å². The number of nitrogens with zero attached hydrogens (tertiary/aromatic N) is 1. The van der Waals surface area contributed by atoms with Crippen LogP contribution in [-0.4, -0.2) is 40.8 Å². The number of hydrogen-bond acceptors (Lipinski definition) is 5. The molecule has 2 atom stereocenters. The van der Waals surface area contributed by atoms with Gasteiger partial charge in [-0.15, -0.1) is 0 Å². The molecule has 0 saturated carbocycles. The number of β-amino-alcohol motifs (C(OH)–C–C–N with tert-alkyl or cyclic N) is 1. The lowest BCUT2D eigenvalue weighted by molar-refractivity contribution is -0.131. The zero-order valence-corrected chi connectivity index (χ0v) is 16.7. The molecule has 8 heteroatoms. The van der Waals surface area contributed by atoms with Gasteiger partial charge in [0.15, 0.2) is 11.5 Å². The van der Waals surface area contributed by atoms with Crippen LogP contribution < -0.4 is 14.8 Å². The third-order valence-electron chi connectivity index (χ3n) is 4.93. The standard InChI is InChI=1S/C20H19BrN2O5/c1-20(9-12-5-6-16-17(7-12)28-11-27-16)18(25)23(19(26)22-20)10-15(24)13-3-2-4-14(21)8-13/h2-8,15,24H,9-11H2,1H3,(H,22,26)/t15-,20-/m0/s1. The van der Waals surface area contributed by atoms with Crippen LogP contribution in [0.25, 0.3) is 0 Å². The molecule has 28 heavy (non-hydrogen) atoms. The molecule has 7 nitrogen and oxygen atoms in total.